The number of ether oxygens (including phenoxy) is 2. The predicted octanol–water partition coefficient (Wildman–Crippen LogP) is 3.14. The molecule has 5 heteroatoms. The number of benzene rings is 1. The lowest BCUT2D eigenvalue weighted by atomic mass is 9.87. The fraction of sp³-hybridized carbons (Fsp3) is 0.500. The Labute approximate surface area is 116 Å². The van der Waals surface area contributed by atoms with Gasteiger partial charge in [-0.1, -0.05) is 18.5 Å². The van der Waals surface area contributed by atoms with E-state index in [1.54, 1.807) is 0 Å². The van der Waals surface area contributed by atoms with E-state index in [1.807, 2.05) is 13.0 Å². The molecule has 0 amide bonds. The lowest BCUT2D eigenvalue weighted by Crippen LogP contribution is -2.15. The maximum atomic E-state index is 11.1. The molecule has 0 radical (unpaired) electrons. The first-order valence-corrected chi connectivity index (χ1v) is 6.78. The van der Waals surface area contributed by atoms with Gasteiger partial charge >= 0.3 is 5.97 Å². The first-order valence-electron chi connectivity index (χ1n) is 6.40. The summed E-state index contributed by atoms with van der Waals surface area (Å²) in [5.74, 6) is 0.454. The van der Waals surface area contributed by atoms with Gasteiger partial charge in [0.2, 0.25) is 6.79 Å². The minimum atomic E-state index is -0.770. The standard InChI is InChI=1S/C14H15ClO4/c1-2-8-9(14(3-4-14)6-11(16)17)5-10-13(12(8)15)19-7-18-10/h5H,2-4,6-7H2,1H3,(H,16,17). The Bertz CT molecular complexity index is 549. The summed E-state index contributed by atoms with van der Waals surface area (Å²) in [6.45, 7) is 2.19. The molecule has 1 aromatic carbocycles. The highest BCUT2D eigenvalue weighted by atomic mass is 35.5. The Hall–Kier alpha value is -1.42. The third-order valence-corrected chi connectivity index (χ3v) is 4.37. The van der Waals surface area contributed by atoms with E-state index in [0.29, 0.717) is 16.5 Å². The van der Waals surface area contributed by atoms with Gasteiger partial charge in [0.25, 0.3) is 0 Å². The van der Waals surface area contributed by atoms with Gasteiger partial charge in [-0.15, -0.1) is 0 Å². The predicted molar refractivity (Wildman–Crippen MR) is 70.1 cm³/mol. The molecule has 0 saturated heterocycles. The number of rotatable bonds is 4. The molecule has 19 heavy (non-hydrogen) atoms. The molecule has 0 spiro atoms. The number of carboxylic acids is 1. The molecular weight excluding hydrogens is 268 g/mol. The van der Waals surface area contributed by atoms with Crippen LogP contribution in [0.4, 0.5) is 0 Å². The van der Waals surface area contributed by atoms with Gasteiger partial charge in [0.1, 0.15) is 0 Å². The van der Waals surface area contributed by atoms with Crippen LogP contribution in [-0.2, 0) is 16.6 Å². The van der Waals surface area contributed by atoms with Crippen LogP contribution in [0.15, 0.2) is 6.07 Å². The van der Waals surface area contributed by atoms with Crippen LogP contribution in [0.2, 0.25) is 5.02 Å². The number of aliphatic carboxylic acids is 1. The highest BCUT2D eigenvalue weighted by Crippen LogP contribution is 2.56. The molecular formula is C14H15ClO4. The third-order valence-electron chi connectivity index (χ3n) is 3.97. The maximum Gasteiger partial charge on any atom is 0.304 e. The van der Waals surface area contributed by atoms with Crippen molar-refractivity contribution in [3.63, 3.8) is 0 Å². The van der Waals surface area contributed by atoms with Crippen molar-refractivity contribution in [3.05, 3.63) is 22.2 Å². The smallest absolute Gasteiger partial charge is 0.304 e. The van der Waals surface area contributed by atoms with Gasteiger partial charge in [0.05, 0.1) is 11.4 Å². The molecule has 0 atom stereocenters. The minimum absolute atomic E-state index is 0.149. The molecule has 1 aliphatic heterocycles. The summed E-state index contributed by atoms with van der Waals surface area (Å²) in [7, 11) is 0. The second-order valence-corrected chi connectivity index (χ2v) is 5.53. The van der Waals surface area contributed by atoms with Gasteiger partial charge in [-0.2, -0.15) is 0 Å². The van der Waals surface area contributed by atoms with Crippen molar-refractivity contribution in [2.45, 2.75) is 38.0 Å². The van der Waals surface area contributed by atoms with Crippen LogP contribution in [0.25, 0.3) is 0 Å². The van der Waals surface area contributed by atoms with Crippen molar-refractivity contribution in [1.82, 2.24) is 0 Å². The fourth-order valence-corrected chi connectivity index (χ4v) is 3.22. The topological polar surface area (TPSA) is 55.8 Å². The van der Waals surface area contributed by atoms with Crippen LogP contribution >= 0.6 is 11.6 Å². The zero-order valence-electron chi connectivity index (χ0n) is 10.7. The van der Waals surface area contributed by atoms with Crippen LogP contribution in [-0.4, -0.2) is 17.9 Å². The normalized spacial score (nSPS) is 18.4. The summed E-state index contributed by atoms with van der Waals surface area (Å²) in [5, 5.41) is 9.66. The first-order chi connectivity index (χ1) is 9.07. The molecule has 0 aromatic heterocycles. The highest BCUT2D eigenvalue weighted by Gasteiger charge is 2.48. The Balaban J connectivity index is 2.11. The first kappa shape index (κ1) is 12.6. The number of hydrogen-bond donors (Lipinski definition) is 1. The van der Waals surface area contributed by atoms with Gasteiger partial charge in [-0.05, 0) is 36.5 Å². The summed E-state index contributed by atoms with van der Waals surface area (Å²) < 4.78 is 10.8. The molecule has 1 heterocycles. The second-order valence-electron chi connectivity index (χ2n) is 5.15. The minimum Gasteiger partial charge on any atom is -0.481 e. The van der Waals surface area contributed by atoms with Gasteiger partial charge in [-0.3, -0.25) is 4.79 Å². The Kier molecular flexibility index (Phi) is 2.86. The maximum absolute atomic E-state index is 11.1. The van der Waals surface area contributed by atoms with Crippen molar-refractivity contribution in [2.24, 2.45) is 0 Å². The highest BCUT2D eigenvalue weighted by molar-refractivity contribution is 6.33. The number of fused-ring (bicyclic) bond motifs is 1. The summed E-state index contributed by atoms with van der Waals surface area (Å²) in [6.07, 6.45) is 2.69. The average Bonchev–Trinajstić information content (AvgIpc) is 2.96. The van der Waals surface area contributed by atoms with Crippen LogP contribution < -0.4 is 9.47 Å². The molecule has 1 saturated carbocycles. The lowest BCUT2D eigenvalue weighted by Gasteiger charge is -2.19. The lowest BCUT2D eigenvalue weighted by molar-refractivity contribution is -0.137. The van der Waals surface area contributed by atoms with E-state index >= 15 is 0 Å². The van der Waals surface area contributed by atoms with Gasteiger partial charge in [-0.25, -0.2) is 0 Å². The van der Waals surface area contributed by atoms with Crippen molar-refractivity contribution in [3.8, 4) is 11.5 Å². The van der Waals surface area contributed by atoms with E-state index in [1.165, 1.54) is 0 Å². The van der Waals surface area contributed by atoms with E-state index in [0.717, 1.165) is 30.4 Å². The molecule has 4 nitrogen and oxygen atoms in total. The van der Waals surface area contributed by atoms with Crippen molar-refractivity contribution in [1.29, 1.82) is 0 Å². The van der Waals surface area contributed by atoms with Gasteiger partial charge in [0.15, 0.2) is 11.5 Å². The number of halogens is 1. The van der Waals surface area contributed by atoms with Crippen LogP contribution in [0.3, 0.4) is 0 Å². The summed E-state index contributed by atoms with van der Waals surface area (Å²) in [5.41, 5.74) is 1.75. The van der Waals surface area contributed by atoms with E-state index in [2.05, 4.69) is 0 Å². The fourth-order valence-electron chi connectivity index (χ4n) is 2.84. The quantitative estimate of drug-likeness (QED) is 0.922. The zero-order chi connectivity index (χ0) is 13.6. The van der Waals surface area contributed by atoms with E-state index in [4.69, 9.17) is 26.2 Å². The number of hydrogen-bond acceptors (Lipinski definition) is 3. The Morgan fingerprint density at radius 1 is 1.47 bits per heavy atom. The molecule has 2 aliphatic rings. The number of carboxylic acid groups (broad SMARTS) is 1. The summed E-state index contributed by atoms with van der Waals surface area (Å²) in [6, 6.07) is 1.92. The average molecular weight is 283 g/mol. The molecule has 0 unspecified atom stereocenters. The van der Waals surface area contributed by atoms with Crippen LogP contribution in [0.1, 0.15) is 37.3 Å². The van der Waals surface area contributed by atoms with Crippen molar-refractivity contribution < 1.29 is 19.4 Å². The molecule has 1 fully saturated rings. The van der Waals surface area contributed by atoms with E-state index < -0.39 is 5.97 Å². The second kappa shape index (κ2) is 4.30. The van der Waals surface area contributed by atoms with Crippen LogP contribution in [0, 0.1) is 0 Å². The van der Waals surface area contributed by atoms with Gasteiger partial charge < -0.3 is 14.6 Å². The molecule has 3 rings (SSSR count). The third kappa shape index (κ3) is 1.94. The molecule has 0 bridgehead atoms. The van der Waals surface area contributed by atoms with Crippen molar-refractivity contribution >= 4 is 17.6 Å². The molecule has 1 aromatic rings. The SMILES string of the molecule is CCc1c(C2(CC(=O)O)CC2)cc2c(c1Cl)OCO2. The molecule has 1 N–H and O–H groups in total. The monoisotopic (exact) mass is 282 g/mol. The molecule has 1 aliphatic carbocycles. The Morgan fingerprint density at radius 2 is 2.21 bits per heavy atom. The zero-order valence-corrected chi connectivity index (χ0v) is 11.4. The summed E-state index contributed by atoms with van der Waals surface area (Å²) in [4.78, 5) is 11.1. The largest absolute Gasteiger partial charge is 0.481 e. The van der Waals surface area contributed by atoms with Gasteiger partial charge in [0, 0.05) is 5.41 Å². The van der Waals surface area contributed by atoms with E-state index in [-0.39, 0.29) is 18.6 Å². The number of carbonyl (C=O) groups is 1. The summed E-state index contributed by atoms with van der Waals surface area (Å²) >= 11 is 6.38. The van der Waals surface area contributed by atoms with E-state index in [9.17, 15) is 4.79 Å². The molecule has 102 valence electrons. The Morgan fingerprint density at radius 3 is 2.79 bits per heavy atom. The van der Waals surface area contributed by atoms with Crippen LogP contribution in [0.5, 0.6) is 11.5 Å². The van der Waals surface area contributed by atoms with Crippen molar-refractivity contribution in [2.75, 3.05) is 6.79 Å².